The molecule has 0 saturated carbocycles. The van der Waals surface area contributed by atoms with Crippen molar-refractivity contribution in [1.29, 1.82) is 0 Å². The Morgan fingerprint density at radius 3 is 2.81 bits per heavy atom. The zero-order valence-electron chi connectivity index (χ0n) is 20.9. The fraction of sp³-hybridized carbons (Fsp3) is 0.480. The first kappa shape index (κ1) is 26.3. The minimum atomic E-state index is -0.943. The highest BCUT2D eigenvalue weighted by atomic mass is 19.1. The van der Waals surface area contributed by atoms with Gasteiger partial charge in [-0.05, 0) is 38.0 Å². The molecule has 1 atom stereocenters. The van der Waals surface area contributed by atoms with Crippen LogP contribution in [0.3, 0.4) is 0 Å². The lowest BCUT2D eigenvalue weighted by atomic mass is 10.1. The number of halogens is 1. The SMILES string of the molecule is CC(=O)OCC[C@H]1CCC(=O)N1c1cc(F)ccc1CNC(=O)c1nc2n(c(=O)c1O)CCOC2(C)C. The van der Waals surface area contributed by atoms with Gasteiger partial charge in [-0.2, -0.15) is 0 Å². The van der Waals surface area contributed by atoms with E-state index in [1.54, 1.807) is 13.8 Å². The molecule has 11 nitrogen and oxygen atoms in total. The predicted molar refractivity (Wildman–Crippen MR) is 128 cm³/mol. The molecule has 2 N–H and O–H groups in total. The molecule has 0 aliphatic carbocycles. The van der Waals surface area contributed by atoms with E-state index in [2.05, 4.69) is 10.3 Å². The van der Waals surface area contributed by atoms with Crippen LogP contribution in [0.25, 0.3) is 0 Å². The van der Waals surface area contributed by atoms with Gasteiger partial charge in [0.25, 0.3) is 11.5 Å². The predicted octanol–water partition coefficient (Wildman–Crippen LogP) is 1.73. The van der Waals surface area contributed by atoms with Crippen LogP contribution in [0.4, 0.5) is 10.1 Å². The summed E-state index contributed by atoms with van der Waals surface area (Å²) < 4.78 is 26.2. The van der Waals surface area contributed by atoms with Gasteiger partial charge in [-0.3, -0.25) is 23.7 Å². The van der Waals surface area contributed by atoms with E-state index >= 15 is 0 Å². The Balaban J connectivity index is 1.58. The molecule has 198 valence electrons. The van der Waals surface area contributed by atoms with Crippen LogP contribution in [-0.2, 0) is 37.8 Å². The molecule has 2 amide bonds. The summed E-state index contributed by atoms with van der Waals surface area (Å²) in [5, 5.41) is 13.0. The van der Waals surface area contributed by atoms with E-state index in [0.717, 1.165) is 0 Å². The molecule has 1 aromatic carbocycles. The molecule has 1 aromatic heterocycles. The van der Waals surface area contributed by atoms with E-state index in [-0.39, 0.29) is 56.2 Å². The van der Waals surface area contributed by atoms with Crippen LogP contribution in [0.15, 0.2) is 23.0 Å². The monoisotopic (exact) mass is 516 g/mol. The normalized spacial score (nSPS) is 18.4. The van der Waals surface area contributed by atoms with E-state index in [1.165, 1.54) is 34.6 Å². The summed E-state index contributed by atoms with van der Waals surface area (Å²) in [5.74, 6) is -2.58. The largest absolute Gasteiger partial charge is 0.501 e. The second kappa shape index (κ2) is 10.3. The number of aromatic nitrogens is 2. The third kappa shape index (κ3) is 5.33. The summed E-state index contributed by atoms with van der Waals surface area (Å²) in [4.78, 5) is 55.2. The minimum Gasteiger partial charge on any atom is -0.501 e. The van der Waals surface area contributed by atoms with Crippen LogP contribution in [-0.4, -0.2) is 51.7 Å². The maximum absolute atomic E-state index is 14.2. The number of nitrogens with zero attached hydrogens (tertiary/aromatic N) is 3. The fourth-order valence-corrected chi connectivity index (χ4v) is 4.68. The second-order valence-corrected chi connectivity index (χ2v) is 9.49. The Bertz CT molecular complexity index is 1310. The number of anilines is 1. The first-order valence-corrected chi connectivity index (χ1v) is 12.0. The van der Waals surface area contributed by atoms with E-state index in [4.69, 9.17) is 9.47 Å². The number of ether oxygens (including phenoxy) is 2. The molecule has 3 heterocycles. The Labute approximate surface area is 212 Å². The third-order valence-corrected chi connectivity index (χ3v) is 6.50. The Kier molecular flexibility index (Phi) is 7.30. The lowest BCUT2D eigenvalue weighted by Crippen LogP contribution is -2.42. The summed E-state index contributed by atoms with van der Waals surface area (Å²) in [7, 11) is 0. The number of benzene rings is 1. The van der Waals surface area contributed by atoms with Crippen molar-refractivity contribution in [1.82, 2.24) is 14.9 Å². The molecule has 12 heteroatoms. The molecular formula is C25H29FN4O7. The highest BCUT2D eigenvalue weighted by Gasteiger charge is 2.35. The van der Waals surface area contributed by atoms with Gasteiger partial charge in [0.1, 0.15) is 17.2 Å². The van der Waals surface area contributed by atoms with Crippen LogP contribution >= 0.6 is 0 Å². The summed E-state index contributed by atoms with van der Waals surface area (Å²) in [6, 6.07) is 3.56. The van der Waals surface area contributed by atoms with E-state index in [0.29, 0.717) is 18.4 Å². The topological polar surface area (TPSA) is 140 Å². The number of hydrogen-bond donors (Lipinski definition) is 2. The minimum absolute atomic E-state index is 0.115. The molecule has 4 rings (SSSR count). The molecule has 2 aromatic rings. The number of rotatable bonds is 7. The molecule has 37 heavy (non-hydrogen) atoms. The molecule has 2 aliphatic heterocycles. The average Bonchev–Trinajstić information content (AvgIpc) is 3.20. The van der Waals surface area contributed by atoms with Gasteiger partial charge in [-0.15, -0.1) is 0 Å². The molecule has 1 saturated heterocycles. The van der Waals surface area contributed by atoms with Gasteiger partial charge in [0.2, 0.25) is 11.7 Å². The number of fused-ring (bicyclic) bond motifs is 1. The highest BCUT2D eigenvalue weighted by molar-refractivity contribution is 5.97. The summed E-state index contributed by atoms with van der Waals surface area (Å²) in [5.41, 5.74) is -1.41. The van der Waals surface area contributed by atoms with Crippen LogP contribution in [0, 0.1) is 5.82 Å². The van der Waals surface area contributed by atoms with Gasteiger partial charge in [0.15, 0.2) is 5.69 Å². The Morgan fingerprint density at radius 2 is 2.08 bits per heavy atom. The molecule has 1 fully saturated rings. The standard InChI is InChI=1S/C25H29FN4O7/c1-14(31)36-10-8-17-6-7-19(32)30(17)18-12-16(26)5-4-15(18)13-27-22(34)20-21(33)23(35)29-9-11-37-25(2,3)24(29)28-20/h4-5,12,17,33H,6-11,13H2,1-3H3,(H,27,34)/t17-/m1/s1. The molecule has 0 unspecified atom stereocenters. The number of hydrogen-bond acceptors (Lipinski definition) is 8. The molecule has 0 bridgehead atoms. The van der Waals surface area contributed by atoms with Crippen LogP contribution in [0.1, 0.15) is 61.9 Å². The maximum Gasteiger partial charge on any atom is 0.302 e. The lowest BCUT2D eigenvalue weighted by molar-refractivity contribution is -0.141. The number of carbonyl (C=O) groups is 3. The van der Waals surface area contributed by atoms with Crippen molar-refractivity contribution >= 4 is 23.5 Å². The first-order valence-electron chi connectivity index (χ1n) is 12.0. The van der Waals surface area contributed by atoms with Crippen molar-refractivity contribution in [2.45, 2.75) is 64.8 Å². The zero-order chi connectivity index (χ0) is 26.9. The quantitative estimate of drug-likeness (QED) is 0.531. The molecular weight excluding hydrogens is 487 g/mol. The summed E-state index contributed by atoms with van der Waals surface area (Å²) >= 11 is 0. The second-order valence-electron chi connectivity index (χ2n) is 9.49. The van der Waals surface area contributed by atoms with Crippen LogP contribution < -0.4 is 15.8 Å². The van der Waals surface area contributed by atoms with Crippen LogP contribution in [0.5, 0.6) is 5.75 Å². The Morgan fingerprint density at radius 1 is 1.32 bits per heavy atom. The van der Waals surface area contributed by atoms with Crippen molar-refractivity contribution in [2.24, 2.45) is 0 Å². The number of carbonyl (C=O) groups excluding carboxylic acids is 3. The van der Waals surface area contributed by atoms with Gasteiger partial charge < -0.3 is 24.8 Å². The maximum atomic E-state index is 14.2. The van der Waals surface area contributed by atoms with Gasteiger partial charge in [-0.25, -0.2) is 9.37 Å². The number of aromatic hydroxyl groups is 1. The summed E-state index contributed by atoms with van der Waals surface area (Å²) in [6.45, 7) is 5.15. The third-order valence-electron chi connectivity index (χ3n) is 6.50. The van der Waals surface area contributed by atoms with Crippen molar-refractivity contribution in [3.8, 4) is 5.75 Å². The molecule has 0 spiro atoms. The summed E-state index contributed by atoms with van der Waals surface area (Å²) in [6.07, 6.45) is 1.14. The average molecular weight is 517 g/mol. The molecule has 0 radical (unpaired) electrons. The van der Waals surface area contributed by atoms with Crippen molar-refractivity contribution in [2.75, 3.05) is 18.1 Å². The van der Waals surface area contributed by atoms with Crippen molar-refractivity contribution in [3.63, 3.8) is 0 Å². The number of amides is 2. The van der Waals surface area contributed by atoms with E-state index < -0.39 is 40.3 Å². The van der Waals surface area contributed by atoms with E-state index in [9.17, 15) is 28.7 Å². The van der Waals surface area contributed by atoms with E-state index in [1.807, 2.05) is 0 Å². The Hall–Kier alpha value is -3.80. The number of esters is 1. The zero-order valence-corrected chi connectivity index (χ0v) is 20.9. The molecule has 2 aliphatic rings. The van der Waals surface area contributed by atoms with Crippen LogP contribution in [0.2, 0.25) is 0 Å². The smallest absolute Gasteiger partial charge is 0.302 e. The first-order chi connectivity index (χ1) is 17.5. The fourth-order valence-electron chi connectivity index (χ4n) is 4.68. The van der Waals surface area contributed by atoms with Gasteiger partial charge in [0, 0.05) is 32.4 Å². The van der Waals surface area contributed by atoms with Crippen molar-refractivity contribution < 1.29 is 33.4 Å². The van der Waals surface area contributed by atoms with Gasteiger partial charge in [-0.1, -0.05) is 6.07 Å². The van der Waals surface area contributed by atoms with Gasteiger partial charge in [0.05, 0.1) is 25.4 Å². The van der Waals surface area contributed by atoms with Gasteiger partial charge >= 0.3 is 5.97 Å². The van der Waals surface area contributed by atoms with Crippen molar-refractivity contribution in [3.05, 3.63) is 51.5 Å². The highest BCUT2D eigenvalue weighted by Crippen LogP contribution is 2.32. The lowest BCUT2D eigenvalue weighted by Gasteiger charge is -2.32. The number of nitrogens with one attached hydrogen (secondary N) is 1.